The molecule has 0 aliphatic heterocycles. The van der Waals surface area contributed by atoms with Crippen LogP contribution in [0.1, 0.15) is 87.3 Å². The molecule has 0 saturated heterocycles. The summed E-state index contributed by atoms with van der Waals surface area (Å²) in [6, 6.07) is 20.8. The number of primary amides is 1. The molecule has 0 bridgehead atoms. The van der Waals surface area contributed by atoms with Gasteiger partial charge in [0.2, 0.25) is 35.4 Å². The predicted octanol–water partition coefficient (Wildman–Crippen LogP) is 2.68. The van der Waals surface area contributed by atoms with Crippen LogP contribution in [0.2, 0.25) is 0 Å². The Labute approximate surface area is 373 Å². The van der Waals surface area contributed by atoms with Gasteiger partial charge in [-0.05, 0) is 85.8 Å². The van der Waals surface area contributed by atoms with Gasteiger partial charge in [0.1, 0.15) is 29.4 Å². The van der Waals surface area contributed by atoms with Crippen molar-refractivity contribution in [2.45, 2.75) is 107 Å². The number of carbonyl (C=O) groups excluding carboxylic acids is 6. The van der Waals surface area contributed by atoms with Gasteiger partial charge in [-0.2, -0.15) is 0 Å². The molecule has 1 fully saturated rings. The van der Waals surface area contributed by atoms with Crippen LogP contribution in [0.4, 0.5) is 0 Å². The molecule has 3 atom stereocenters. The van der Waals surface area contributed by atoms with Gasteiger partial charge in [0.15, 0.2) is 5.96 Å². The first kappa shape index (κ1) is 48.1. The van der Waals surface area contributed by atoms with Crippen molar-refractivity contribution in [1.29, 1.82) is 5.41 Å². The fourth-order valence-electron chi connectivity index (χ4n) is 8.12. The molecule has 64 heavy (non-hydrogen) atoms. The zero-order valence-electron chi connectivity index (χ0n) is 36.6. The van der Waals surface area contributed by atoms with Gasteiger partial charge < -0.3 is 53.1 Å². The number of para-hydroxylation sites is 1. The number of aromatic amines is 1. The van der Waals surface area contributed by atoms with Gasteiger partial charge in [-0.25, -0.2) is 0 Å². The topological polar surface area (TPSA) is 276 Å². The van der Waals surface area contributed by atoms with E-state index in [9.17, 15) is 28.8 Å². The first-order chi connectivity index (χ1) is 30.8. The van der Waals surface area contributed by atoms with Crippen LogP contribution in [0.25, 0.3) is 10.9 Å². The molecule has 1 heterocycles. The molecule has 0 spiro atoms. The summed E-state index contributed by atoms with van der Waals surface area (Å²) in [6.07, 6.45) is 5.72. The Bertz CT molecular complexity index is 2220. The lowest BCUT2D eigenvalue weighted by Crippen LogP contribution is -2.64. The van der Waals surface area contributed by atoms with Crippen molar-refractivity contribution >= 4 is 52.3 Å². The van der Waals surface area contributed by atoms with Crippen molar-refractivity contribution < 1.29 is 33.5 Å². The highest BCUT2D eigenvalue weighted by Crippen LogP contribution is 2.39. The maximum Gasteiger partial charge on any atom is 0.246 e. The summed E-state index contributed by atoms with van der Waals surface area (Å²) in [4.78, 5) is 85.3. The number of hydrogen-bond acceptors (Lipinski definition) is 8. The van der Waals surface area contributed by atoms with Crippen LogP contribution in [-0.2, 0) is 41.6 Å². The van der Waals surface area contributed by atoms with Gasteiger partial charge >= 0.3 is 0 Å². The normalized spacial score (nSPS) is 17.2. The van der Waals surface area contributed by atoms with Crippen LogP contribution in [0.15, 0.2) is 85.1 Å². The number of rotatable bonds is 23. The quantitative estimate of drug-likeness (QED) is 0.0298. The second-order valence-electron chi connectivity index (χ2n) is 16.3. The highest BCUT2D eigenvalue weighted by Gasteiger charge is 2.44. The van der Waals surface area contributed by atoms with Crippen LogP contribution in [0, 0.1) is 5.41 Å². The minimum absolute atomic E-state index is 0.0327. The molecule has 1 aliphatic rings. The Morgan fingerprint density at radius 1 is 0.797 bits per heavy atom. The summed E-state index contributed by atoms with van der Waals surface area (Å²) in [5.74, 6) is -2.94. The number of hydrogen-bond donors (Lipinski definition) is 10. The maximum absolute atomic E-state index is 14.7. The minimum Gasteiger partial charge on any atom is -0.497 e. The highest BCUT2D eigenvalue weighted by molar-refractivity contribution is 5.98. The molecule has 17 nitrogen and oxygen atoms in total. The van der Waals surface area contributed by atoms with Gasteiger partial charge in [-0.1, -0.05) is 74.0 Å². The number of benzene rings is 3. The molecule has 4 aromatic rings. The fraction of sp³-hybridized carbons (Fsp3) is 0.426. The second kappa shape index (κ2) is 23.5. The lowest BCUT2D eigenvalue weighted by Gasteiger charge is -2.40. The summed E-state index contributed by atoms with van der Waals surface area (Å²) >= 11 is 0. The molecule has 342 valence electrons. The second-order valence-corrected chi connectivity index (χ2v) is 16.3. The van der Waals surface area contributed by atoms with Crippen molar-refractivity contribution in [3.63, 3.8) is 0 Å². The molecule has 6 amide bonds. The van der Waals surface area contributed by atoms with E-state index >= 15 is 0 Å². The largest absolute Gasteiger partial charge is 0.497 e. The Hall–Kier alpha value is -6.91. The SMILES string of the molecule is CCCCC(=O)N[C@]1(C(=O)N[C@H](Cc2ccccc2)C(=O)N[C@@H](CCCNC(=N)N)C(=O)N[C@@H](Cc2c[nH]c3ccccc23)C(=O)NCC(N)=O)CC[C@H](c2ccc(OC)cc2)CC1. The van der Waals surface area contributed by atoms with Crippen LogP contribution >= 0.6 is 0 Å². The summed E-state index contributed by atoms with van der Waals surface area (Å²) < 4.78 is 5.34. The molecule has 12 N–H and O–H groups in total. The van der Waals surface area contributed by atoms with Crippen molar-refractivity contribution in [3.05, 3.63) is 102 Å². The zero-order chi connectivity index (χ0) is 46.1. The van der Waals surface area contributed by atoms with E-state index in [1.54, 1.807) is 13.3 Å². The minimum atomic E-state index is -1.30. The molecule has 1 aromatic heterocycles. The van der Waals surface area contributed by atoms with E-state index < -0.39 is 59.7 Å². The Kier molecular flexibility index (Phi) is 17.7. The van der Waals surface area contributed by atoms with E-state index in [0.717, 1.165) is 39.8 Å². The molecule has 1 aliphatic carbocycles. The number of methoxy groups -OCH3 is 1. The van der Waals surface area contributed by atoms with E-state index in [1.165, 1.54) is 0 Å². The number of nitrogens with one attached hydrogen (secondary N) is 8. The standard InChI is InChI=1S/C47H62N10O7/c1-3-4-16-41(59)57-47(23-21-32(22-24-47)31-17-19-34(64-2)20-18-31)45(63)56-38(26-30-11-6-5-7-12-30)44(62)54-37(15-10-25-51-46(49)50)43(61)55-39(42(60)53-29-40(48)58)27-33-28-52-36-14-9-8-13-35(33)36/h5-9,11-14,17-20,28,32,37-39,52H,3-4,10,15-16,21-27,29H2,1-2H3,(H2,48,58)(H,53,60)(H,54,62)(H,55,61)(H,56,63)(H,57,59)(H4,49,50,51)/t32-,37-,38+,39-,47+/m0/s1. The van der Waals surface area contributed by atoms with E-state index in [1.807, 2.05) is 85.8 Å². The Morgan fingerprint density at radius 2 is 1.45 bits per heavy atom. The number of carbonyl (C=O) groups is 6. The number of ether oxygens (including phenoxy) is 1. The van der Waals surface area contributed by atoms with Crippen molar-refractivity contribution in [3.8, 4) is 5.75 Å². The summed E-state index contributed by atoms with van der Waals surface area (Å²) in [6.45, 7) is 1.73. The monoisotopic (exact) mass is 878 g/mol. The van der Waals surface area contributed by atoms with E-state index in [-0.39, 0.29) is 56.4 Å². The fourth-order valence-corrected chi connectivity index (χ4v) is 8.12. The van der Waals surface area contributed by atoms with E-state index in [4.69, 9.17) is 21.6 Å². The van der Waals surface area contributed by atoms with Crippen LogP contribution in [0.5, 0.6) is 5.75 Å². The molecule has 1 saturated carbocycles. The molecule has 5 rings (SSSR count). The van der Waals surface area contributed by atoms with Crippen LogP contribution in [-0.4, -0.2) is 90.3 Å². The first-order valence-corrected chi connectivity index (χ1v) is 21.9. The number of guanidine groups is 1. The number of H-pyrrole nitrogens is 1. The first-order valence-electron chi connectivity index (χ1n) is 21.9. The summed E-state index contributed by atoms with van der Waals surface area (Å²) in [5, 5.41) is 25.3. The number of unbranched alkanes of at least 4 members (excludes halogenated alkanes) is 1. The summed E-state index contributed by atoms with van der Waals surface area (Å²) in [7, 11) is 1.61. The average Bonchev–Trinajstić information content (AvgIpc) is 3.70. The highest BCUT2D eigenvalue weighted by atomic mass is 16.5. The average molecular weight is 879 g/mol. The molecule has 17 heteroatoms. The zero-order valence-corrected chi connectivity index (χ0v) is 36.6. The Morgan fingerprint density at radius 3 is 2.12 bits per heavy atom. The molecular formula is C47H62N10O7. The Balaban J connectivity index is 1.41. The van der Waals surface area contributed by atoms with E-state index in [2.05, 4.69) is 36.9 Å². The molecular weight excluding hydrogens is 817 g/mol. The number of amides is 6. The number of nitrogens with two attached hydrogens (primary N) is 2. The van der Waals surface area contributed by atoms with Crippen molar-refractivity contribution in [1.82, 2.24) is 36.9 Å². The van der Waals surface area contributed by atoms with Gasteiger partial charge in [0, 0.05) is 42.9 Å². The van der Waals surface area contributed by atoms with Crippen molar-refractivity contribution in [2.75, 3.05) is 20.2 Å². The molecule has 0 unspecified atom stereocenters. The lowest BCUT2D eigenvalue weighted by atomic mass is 9.73. The molecule has 3 aromatic carbocycles. The van der Waals surface area contributed by atoms with Gasteiger partial charge in [0.25, 0.3) is 0 Å². The van der Waals surface area contributed by atoms with Crippen LogP contribution < -0.4 is 48.1 Å². The predicted molar refractivity (Wildman–Crippen MR) is 244 cm³/mol. The van der Waals surface area contributed by atoms with Crippen LogP contribution in [0.3, 0.4) is 0 Å². The maximum atomic E-state index is 14.7. The van der Waals surface area contributed by atoms with Gasteiger partial charge in [0.05, 0.1) is 13.7 Å². The number of fused-ring (bicyclic) bond motifs is 1. The third kappa shape index (κ3) is 13.8. The third-order valence-corrected chi connectivity index (χ3v) is 11.7. The van der Waals surface area contributed by atoms with Crippen molar-refractivity contribution in [2.24, 2.45) is 11.5 Å². The van der Waals surface area contributed by atoms with E-state index in [0.29, 0.717) is 32.1 Å². The number of aromatic nitrogens is 1. The summed E-state index contributed by atoms with van der Waals surface area (Å²) in [5.41, 5.74) is 12.9. The van der Waals surface area contributed by atoms with Gasteiger partial charge in [-0.3, -0.25) is 34.2 Å². The lowest BCUT2D eigenvalue weighted by molar-refractivity contribution is -0.138. The van der Waals surface area contributed by atoms with Gasteiger partial charge in [-0.15, -0.1) is 0 Å². The molecule has 0 radical (unpaired) electrons. The third-order valence-electron chi connectivity index (χ3n) is 11.7. The smallest absolute Gasteiger partial charge is 0.246 e.